The number of likely N-dealkylation sites (tertiary alicyclic amines) is 1. The normalized spacial score (nSPS) is 17.6. The molecule has 1 aliphatic heterocycles. The van der Waals surface area contributed by atoms with Crippen molar-refractivity contribution in [3.05, 3.63) is 34.9 Å². The summed E-state index contributed by atoms with van der Waals surface area (Å²) in [5.74, 6) is 0.649. The number of amidine groups is 1. The molecule has 0 unspecified atom stereocenters. The Morgan fingerprint density at radius 2 is 1.75 bits per heavy atom. The molecule has 0 amide bonds. The molecule has 1 aromatic carbocycles. The average molecular weight is 239 g/mol. The van der Waals surface area contributed by atoms with Crippen LogP contribution in [-0.4, -0.2) is 29.0 Å². The van der Waals surface area contributed by atoms with Gasteiger partial charge in [-0.25, -0.2) is 0 Å². The smallest absolute Gasteiger partial charge is 0.175 e. The van der Waals surface area contributed by atoms with Crippen molar-refractivity contribution in [2.45, 2.75) is 19.3 Å². The minimum absolute atomic E-state index is 0.649. The number of hydrogen-bond donors (Lipinski definition) is 1. The predicted octanol–water partition coefficient (Wildman–Crippen LogP) is 2.96. The Bertz CT molecular complexity index is 369. The van der Waals surface area contributed by atoms with Gasteiger partial charge in [0, 0.05) is 23.7 Å². The molecule has 0 bridgehead atoms. The van der Waals surface area contributed by atoms with Gasteiger partial charge >= 0.3 is 0 Å². The first kappa shape index (κ1) is 11.3. The van der Waals surface area contributed by atoms with E-state index >= 15 is 0 Å². The number of piperidine rings is 1. The van der Waals surface area contributed by atoms with Crippen LogP contribution in [-0.2, 0) is 0 Å². The van der Waals surface area contributed by atoms with Crippen LogP contribution in [0.5, 0.6) is 0 Å². The number of halogens is 1. The van der Waals surface area contributed by atoms with Crippen molar-refractivity contribution >= 4 is 17.4 Å². The molecule has 1 aromatic rings. The molecule has 4 heteroatoms. The molecule has 1 aliphatic rings. The topological polar surface area (TPSA) is 35.8 Å². The average Bonchev–Trinajstić information content (AvgIpc) is 2.34. The van der Waals surface area contributed by atoms with Gasteiger partial charge in [-0.2, -0.15) is 0 Å². The number of oxime groups is 1. The Kier molecular flexibility index (Phi) is 3.67. The van der Waals surface area contributed by atoms with Crippen LogP contribution in [0.1, 0.15) is 24.8 Å². The minimum Gasteiger partial charge on any atom is -0.409 e. The van der Waals surface area contributed by atoms with Crippen molar-refractivity contribution in [1.82, 2.24) is 4.90 Å². The second-order valence-corrected chi connectivity index (χ2v) is 4.41. The van der Waals surface area contributed by atoms with Crippen LogP contribution >= 0.6 is 11.6 Å². The molecule has 1 N–H and O–H groups in total. The van der Waals surface area contributed by atoms with Crippen molar-refractivity contribution in [1.29, 1.82) is 0 Å². The molecule has 0 aromatic heterocycles. The van der Waals surface area contributed by atoms with Crippen molar-refractivity contribution in [2.24, 2.45) is 5.16 Å². The van der Waals surface area contributed by atoms with Gasteiger partial charge in [-0.15, -0.1) is 0 Å². The maximum Gasteiger partial charge on any atom is 0.175 e. The molecule has 0 atom stereocenters. The van der Waals surface area contributed by atoms with Gasteiger partial charge in [-0.05, 0) is 43.5 Å². The van der Waals surface area contributed by atoms with Crippen molar-refractivity contribution in [3.63, 3.8) is 0 Å². The van der Waals surface area contributed by atoms with Crippen molar-refractivity contribution in [3.8, 4) is 0 Å². The van der Waals surface area contributed by atoms with Gasteiger partial charge in [0.25, 0.3) is 0 Å². The third kappa shape index (κ3) is 2.47. The van der Waals surface area contributed by atoms with Gasteiger partial charge in [-0.3, -0.25) is 0 Å². The highest BCUT2D eigenvalue weighted by atomic mass is 35.5. The molecule has 1 fully saturated rings. The Hall–Kier alpha value is -1.22. The van der Waals surface area contributed by atoms with E-state index in [2.05, 4.69) is 10.1 Å². The first-order valence-corrected chi connectivity index (χ1v) is 5.92. The third-order valence-corrected chi connectivity index (χ3v) is 3.10. The number of benzene rings is 1. The summed E-state index contributed by atoms with van der Waals surface area (Å²) in [7, 11) is 0. The highest BCUT2D eigenvalue weighted by molar-refractivity contribution is 6.30. The van der Waals surface area contributed by atoms with Gasteiger partial charge in [0.15, 0.2) is 5.84 Å². The van der Waals surface area contributed by atoms with Gasteiger partial charge in [-0.1, -0.05) is 16.8 Å². The summed E-state index contributed by atoms with van der Waals surface area (Å²) in [6.07, 6.45) is 3.58. The van der Waals surface area contributed by atoms with Crippen LogP contribution in [0.2, 0.25) is 5.02 Å². The van der Waals surface area contributed by atoms with Crippen molar-refractivity contribution < 1.29 is 5.21 Å². The summed E-state index contributed by atoms with van der Waals surface area (Å²) in [6.45, 7) is 1.92. The zero-order chi connectivity index (χ0) is 11.4. The van der Waals surface area contributed by atoms with Crippen LogP contribution in [0, 0.1) is 0 Å². The first-order valence-electron chi connectivity index (χ1n) is 5.54. The highest BCUT2D eigenvalue weighted by Gasteiger charge is 2.16. The molecule has 86 valence electrons. The van der Waals surface area contributed by atoms with Gasteiger partial charge in [0.05, 0.1) is 0 Å². The van der Waals surface area contributed by atoms with Gasteiger partial charge < -0.3 is 10.1 Å². The zero-order valence-corrected chi connectivity index (χ0v) is 9.82. The van der Waals surface area contributed by atoms with E-state index in [1.165, 1.54) is 6.42 Å². The molecule has 1 heterocycles. The van der Waals surface area contributed by atoms with Gasteiger partial charge in [0.2, 0.25) is 0 Å². The lowest BCUT2D eigenvalue weighted by Gasteiger charge is -2.28. The number of hydrogen-bond acceptors (Lipinski definition) is 2. The van der Waals surface area contributed by atoms with Gasteiger partial charge in [0.1, 0.15) is 0 Å². The van der Waals surface area contributed by atoms with E-state index in [0.29, 0.717) is 10.9 Å². The summed E-state index contributed by atoms with van der Waals surface area (Å²) >= 11 is 5.83. The summed E-state index contributed by atoms with van der Waals surface area (Å²) in [5.41, 5.74) is 0.911. The summed E-state index contributed by atoms with van der Waals surface area (Å²) < 4.78 is 0. The SMILES string of the molecule is O/N=C(/c1ccc(Cl)cc1)N1CCCCC1. The maximum atomic E-state index is 9.11. The Labute approximate surface area is 100 Å². The van der Waals surface area contributed by atoms with Crippen LogP contribution in [0.3, 0.4) is 0 Å². The summed E-state index contributed by atoms with van der Waals surface area (Å²) in [4.78, 5) is 2.12. The summed E-state index contributed by atoms with van der Waals surface area (Å²) in [6, 6.07) is 7.38. The first-order chi connectivity index (χ1) is 7.81. The van der Waals surface area contributed by atoms with Crippen LogP contribution < -0.4 is 0 Å². The molecule has 16 heavy (non-hydrogen) atoms. The molecular weight excluding hydrogens is 224 g/mol. The quantitative estimate of drug-likeness (QED) is 0.353. The van der Waals surface area contributed by atoms with Crippen LogP contribution in [0.15, 0.2) is 29.4 Å². The molecule has 2 rings (SSSR count). The lowest BCUT2D eigenvalue weighted by molar-refractivity contribution is 0.286. The Morgan fingerprint density at radius 1 is 1.12 bits per heavy atom. The Morgan fingerprint density at radius 3 is 2.31 bits per heavy atom. The van der Waals surface area contributed by atoms with E-state index in [0.717, 1.165) is 31.5 Å². The monoisotopic (exact) mass is 238 g/mol. The van der Waals surface area contributed by atoms with Crippen LogP contribution in [0.4, 0.5) is 0 Å². The minimum atomic E-state index is 0.649. The molecule has 1 saturated heterocycles. The van der Waals surface area contributed by atoms with E-state index in [4.69, 9.17) is 16.8 Å². The predicted molar refractivity (Wildman–Crippen MR) is 65.2 cm³/mol. The molecule has 3 nitrogen and oxygen atoms in total. The lowest BCUT2D eigenvalue weighted by atomic mass is 10.1. The van der Waals surface area contributed by atoms with Crippen LogP contribution in [0.25, 0.3) is 0 Å². The third-order valence-electron chi connectivity index (χ3n) is 2.85. The highest BCUT2D eigenvalue weighted by Crippen LogP contribution is 2.16. The number of rotatable bonds is 1. The van der Waals surface area contributed by atoms with Crippen molar-refractivity contribution in [2.75, 3.05) is 13.1 Å². The van der Waals surface area contributed by atoms with E-state index in [9.17, 15) is 0 Å². The molecule has 0 aliphatic carbocycles. The molecule has 0 saturated carbocycles. The second-order valence-electron chi connectivity index (χ2n) is 3.98. The molecule has 0 spiro atoms. The summed E-state index contributed by atoms with van der Waals surface area (Å²) in [5, 5.41) is 13.2. The zero-order valence-electron chi connectivity index (χ0n) is 9.06. The molecule has 0 radical (unpaired) electrons. The maximum absolute atomic E-state index is 9.11. The van der Waals surface area contributed by atoms with E-state index in [-0.39, 0.29) is 0 Å². The van der Waals surface area contributed by atoms with E-state index in [1.54, 1.807) is 0 Å². The fraction of sp³-hybridized carbons (Fsp3) is 0.417. The largest absolute Gasteiger partial charge is 0.409 e. The molecular formula is C12H15ClN2O. The lowest BCUT2D eigenvalue weighted by Crippen LogP contribution is -2.36. The fourth-order valence-corrected chi connectivity index (χ4v) is 2.13. The van der Waals surface area contributed by atoms with E-state index in [1.807, 2.05) is 24.3 Å². The standard InChI is InChI=1S/C12H15ClN2O/c13-11-6-4-10(5-7-11)12(14-16)15-8-2-1-3-9-15/h4-7,16H,1-3,8-9H2/b14-12-. The fourth-order valence-electron chi connectivity index (χ4n) is 2.01. The Balaban J connectivity index is 2.18. The second kappa shape index (κ2) is 5.21. The van der Waals surface area contributed by atoms with E-state index < -0.39 is 0 Å². The number of nitrogens with zero attached hydrogens (tertiary/aromatic N) is 2.